The standard InChI is InChI=1S/C52H44O3/c1-35-18-20-38(21-19-35)52(39-22-24-40(53-2)25-23-39)29-28-44-48-47(42-27-26-41(54-3)34-45(42)49(44)55-52)43-16-10-11-17-46(43)51(48)32-30-50(31-33-51,36-12-6-4-7-13-36)37-14-8-5-9-15-37/h4-29,34H,30-33H2,1-3H3. The molecule has 3 nitrogen and oxygen atoms in total. The van der Waals surface area contributed by atoms with Crippen molar-refractivity contribution < 1.29 is 14.2 Å². The van der Waals surface area contributed by atoms with Gasteiger partial charge in [-0.1, -0.05) is 133 Å². The second-order valence-corrected chi connectivity index (χ2v) is 15.6. The number of methoxy groups -OCH3 is 2. The fourth-order valence-electron chi connectivity index (χ4n) is 10.3. The average molecular weight is 717 g/mol. The van der Waals surface area contributed by atoms with Crippen LogP contribution in [0.15, 0.2) is 158 Å². The van der Waals surface area contributed by atoms with Gasteiger partial charge in [-0.15, -0.1) is 0 Å². The first-order valence-corrected chi connectivity index (χ1v) is 19.5. The zero-order chi connectivity index (χ0) is 37.2. The number of hydrogen-bond donors (Lipinski definition) is 0. The van der Waals surface area contributed by atoms with Crippen LogP contribution in [0.5, 0.6) is 17.2 Å². The Morgan fingerprint density at radius 1 is 0.527 bits per heavy atom. The first-order valence-electron chi connectivity index (χ1n) is 19.5. The molecule has 10 rings (SSSR count). The van der Waals surface area contributed by atoms with Crippen LogP contribution >= 0.6 is 0 Å². The van der Waals surface area contributed by atoms with Crippen LogP contribution in [0.2, 0.25) is 0 Å². The summed E-state index contributed by atoms with van der Waals surface area (Å²) in [5.41, 5.74) is 11.7. The predicted octanol–water partition coefficient (Wildman–Crippen LogP) is 12.3. The summed E-state index contributed by atoms with van der Waals surface area (Å²) in [4.78, 5) is 0. The first kappa shape index (κ1) is 33.5. The number of fused-ring (bicyclic) bond motifs is 10. The highest BCUT2D eigenvalue weighted by atomic mass is 16.5. The molecule has 1 saturated carbocycles. The van der Waals surface area contributed by atoms with E-state index in [-0.39, 0.29) is 10.8 Å². The predicted molar refractivity (Wildman–Crippen MR) is 223 cm³/mol. The maximum absolute atomic E-state index is 7.67. The van der Waals surface area contributed by atoms with E-state index in [0.29, 0.717) is 0 Å². The lowest BCUT2D eigenvalue weighted by atomic mass is 9.56. The third-order valence-electron chi connectivity index (χ3n) is 13.1. The van der Waals surface area contributed by atoms with Gasteiger partial charge in [-0.05, 0) is 108 Å². The summed E-state index contributed by atoms with van der Waals surface area (Å²) in [6.07, 6.45) is 8.78. The Labute approximate surface area is 323 Å². The van der Waals surface area contributed by atoms with Gasteiger partial charge in [0.2, 0.25) is 0 Å². The Morgan fingerprint density at radius 2 is 1.09 bits per heavy atom. The molecule has 0 radical (unpaired) electrons. The third-order valence-corrected chi connectivity index (χ3v) is 13.1. The van der Waals surface area contributed by atoms with Crippen molar-refractivity contribution in [3.8, 4) is 28.4 Å². The third kappa shape index (κ3) is 4.95. The van der Waals surface area contributed by atoms with E-state index in [1.165, 1.54) is 49.9 Å². The van der Waals surface area contributed by atoms with Crippen LogP contribution in [0.4, 0.5) is 0 Å². The number of ether oxygens (including phenoxy) is 3. The molecule has 1 unspecified atom stereocenters. The Balaban J connectivity index is 1.22. The largest absolute Gasteiger partial charge is 0.497 e. The van der Waals surface area contributed by atoms with Gasteiger partial charge in [-0.25, -0.2) is 0 Å². The molecule has 270 valence electrons. The van der Waals surface area contributed by atoms with Gasteiger partial charge in [0.25, 0.3) is 0 Å². The van der Waals surface area contributed by atoms with Crippen LogP contribution in [0.25, 0.3) is 28.0 Å². The van der Waals surface area contributed by atoms with E-state index in [1.54, 1.807) is 14.2 Å². The Bertz CT molecular complexity index is 2540. The molecule has 1 spiro atoms. The summed E-state index contributed by atoms with van der Waals surface area (Å²) in [7, 11) is 3.45. The molecule has 1 fully saturated rings. The lowest BCUT2D eigenvalue weighted by Crippen LogP contribution is -2.41. The normalized spacial score (nSPS) is 18.6. The summed E-state index contributed by atoms with van der Waals surface area (Å²) < 4.78 is 19.2. The number of benzene rings is 7. The molecule has 1 atom stereocenters. The summed E-state index contributed by atoms with van der Waals surface area (Å²) in [5.74, 6) is 2.53. The molecule has 1 aliphatic heterocycles. The minimum Gasteiger partial charge on any atom is -0.497 e. The van der Waals surface area contributed by atoms with Gasteiger partial charge in [0.1, 0.15) is 17.2 Å². The summed E-state index contributed by atoms with van der Waals surface area (Å²) in [6.45, 7) is 2.13. The number of hydrogen-bond acceptors (Lipinski definition) is 3. The van der Waals surface area contributed by atoms with Crippen LogP contribution in [0.3, 0.4) is 0 Å². The molecule has 3 aliphatic rings. The van der Waals surface area contributed by atoms with E-state index in [0.717, 1.165) is 59.4 Å². The minimum absolute atomic E-state index is 0.0724. The monoisotopic (exact) mass is 716 g/mol. The molecular formula is C52H44O3. The maximum Gasteiger partial charge on any atom is 0.178 e. The molecule has 7 aromatic carbocycles. The van der Waals surface area contributed by atoms with Crippen molar-refractivity contribution in [3.63, 3.8) is 0 Å². The van der Waals surface area contributed by atoms with Gasteiger partial charge in [-0.2, -0.15) is 0 Å². The second-order valence-electron chi connectivity index (χ2n) is 15.6. The van der Waals surface area contributed by atoms with E-state index in [4.69, 9.17) is 14.2 Å². The summed E-state index contributed by atoms with van der Waals surface area (Å²) >= 11 is 0. The van der Waals surface area contributed by atoms with Gasteiger partial charge in [0.15, 0.2) is 5.60 Å². The molecular weight excluding hydrogens is 673 g/mol. The highest BCUT2D eigenvalue weighted by molar-refractivity contribution is 6.09. The van der Waals surface area contributed by atoms with E-state index in [2.05, 4.69) is 159 Å². The average Bonchev–Trinajstić information content (AvgIpc) is 3.54. The highest BCUT2D eigenvalue weighted by Gasteiger charge is 2.53. The van der Waals surface area contributed by atoms with Crippen LogP contribution < -0.4 is 14.2 Å². The highest BCUT2D eigenvalue weighted by Crippen LogP contribution is 2.64. The fraction of sp³-hybridized carbons (Fsp3) is 0.192. The maximum atomic E-state index is 7.67. The van der Waals surface area contributed by atoms with Gasteiger partial charge in [0, 0.05) is 32.9 Å². The molecule has 0 saturated heterocycles. The van der Waals surface area contributed by atoms with E-state index in [1.807, 2.05) is 12.1 Å². The lowest BCUT2D eigenvalue weighted by molar-refractivity contribution is 0.162. The Morgan fingerprint density at radius 3 is 1.73 bits per heavy atom. The van der Waals surface area contributed by atoms with Crippen molar-refractivity contribution in [2.75, 3.05) is 14.2 Å². The molecule has 0 amide bonds. The number of aryl methyl sites for hydroxylation is 1. The first-order chi connectivity index (χ1) is 27.0. The van der Waals surface area contributed by atoms with Gasteiger partial charge >= 0.3 is 0 Å². The minimum atomic E-state index is -0.863. The van der Waals surface area contributed by atoms with Crippen LogP contribution in [-0.2, 0) is 16.4 Å². The SMILES string of the molecule is COc1ccc(C2(c3ccc(C)cc3)C=Cc3c4c(c5ccc(OC)cc5c3O2)-c2ccccc2C42CCC(c3ccccc3)(c3ccccc3)CC2)cc1. The smallest absolute Gasteiger partial charge is 0.178 e. The van der Waals surface area contributed by atoms with Crippen LogP contribution in [-0.4, -0.2) is 14.2 Å². The molecule has 0 aromatic heterocycles. The fourth-order valence-corrected chi connectivity index (χ4v) is 10.3. The second kappa shape index (κ2) is 12.8. The van der Waals surface area contributed by atoms with Gasteiger partial charge < -0.3 is 14.2 Å². The number of rotatable bonds is 6. The van der Waals surface area contributed by atoms with E-state index >= 15 is 0 Å². The van der Waals surface area contributed by atoms with Crippen molar-refractivity contribution in [1.29, 1.82) is 0 Å². The molecule has 3 heteroatoms. The van der Waals surface area contributed by atoms with Crippen molar-refractivity contribution in [2.45, 2.75) is 49.0 Å². The van der Waals surface area contributed by atoms with Crippen molar-refractivity contribution in [1.82, 2.24) is 0 Å². The van der Waals surface area contributed by atoms with Crippen LogP contribution in [0.1, 0.15) is 70.2 Å². The van der Waals surface area contributed by atoms with E-state index in [9.17, 15) is 0 Å². The topological polar surface area (TPSA) is 27.7 Å². The quantitative estimate of drug-likeness (QED) is 0.171. The zero-order valence-corrected chi connectivity index (χ0v) is 31.6. The molecule has 0 N–H and O–H groups in total. The van der Waals surface area contributed by atoms with Crippen molar-refractivity contribution in [3.05, 3.63) is 202 Å². The van der Waals surface area contributed by atoms with Gasteiger partial charge in [0.05, 0.1) is 14.2 Å². The summed E-state index contributed by atoms with van der Waals surface area (Å²) in [5, 5.41) is 2.26. The lowest BCUT2D eigenvalue weighted by Gasteiger charge is -2.48. The summed E-state index contributed by atoms with van der Waals surface area (Å²) in [6, 6.07) is 55.2. The Hall–Kier alpha value is -6.06. The van der Waals surface area contributed by atoms with Crippen molar-refractivity contribution >= 4 is 16.8 Å². The molecule has 55 heavy (non-hydrogen) atoms. The zero-order valence-electron chi connectivity index (χ0n) is 31.6. The molecule has 2 aliphatic carbocycles. The van der Waals surface area contributed by atoms with E-state index < -0.39 is 5.60 Å². The molecule has 1 heterocycles. The van der Waals surface area contributed by atoms with Gasteiger partial charge in [-0.3, -0.25) is 0 Å². The van der Waals surface area contributed by atoms with Crippen molar-refractivity contribution in [2.24, 2.45) is 0 Å². The Kier molecular flexibility index (Phi) is 7.78. The molecule has 0 bridgehead atoms. The van der Waals surface area contributed by atoms with Crippen LogP contribution in [0, 0.1) is 6.92 Å². The molecule has 7 aromatic rings.